The van der Waals surface area contributed by atoms with Crippen molar-refractivity contribution in [3.63, 3.8) is 0 Å². The Labute approximate surface area is 89.9 Å². The third-order valence-electron chi connectivity index (χ3n) is 1.91. The summed E-state index contributed by atoms with van der Waals surface area (Å²) in [5.74, 6) is -1.17. The first kappa shape index (κ1) is 11.5. The smallest absolute Gasteiger partial charge is 0.307 e. The van der Waals surface area contributed by atoms with Crippen molar-refractivity contribution in [3.05, 3.63) is 33.4 Å². The normalized spacial score (nSPS) is 9.44. The third-order valence-corrected chi connectivity index (χ3v) is 1.91. The predicted molar refractivity (Wildman–Crippen MR) is 53.6 cm³/mol. The number of nitriles is 1. The number of hydrogen-bond acceptors (Lipinski definition) is 5. The molecule has 1 rings (SSSR count). The van der Waals surface area contributed by atoms with E-state index in [1.165, 1.54) is 0 Å². The summed E-state index contributed by atoms with van der Waals surface area (Å²) >= 11 is 0. The van der Waals surface area contributed by atoms with E-state index in [1.54, 1.807) is 6.07 Å². The third kappa shape index (κ3) is 2.24. The van der Waals surface area contributed by atoms with E-state index in [9.17, 15) is 14.9 Å². The zero-order chi connectivity index (χ0) is 12.3. The molecule has 0 aliphatic heterocycles. The minimum Gasteiger partial charge on any atom is -0.481 e. The van der Waals surface area contributed by atoms with E-state index in [0.717, 1.165) is 12.1 Å². The highest BCUT2D eigenvalue weighted by Gasteiger charge is 2.17. The number of carboxylic acid groups (broad SMARTS) is 1. The molecule has 0 heterocycles. The van der Waals surface area contributed by atoms with Crippen LogP contribution in [0.15, 0.2) is 12.1 Å². The number of carbonyl (C=O) groups is 1. The number of nitro benzene ring substituents is 1. The molecule has 7 nitrogen and oxygen atoms in total. The van der Waals surface area contributed by atoms with Gasteiger partial charge in [-0.25, -0.2) is 0 Å². The summed E-state index contributed by atoms with van der Waals surface area (Å²) in [5.41, 5.74) is 4.92. The van der Waals surface area contributed by atoms with Crippen molar-refractivity contribution in [1.29, 1.82) is 5.26 Å². The number of benzene rings is 1. The number of anilines is 1. The molecule has 1 aromatic carbocycles. The molecule has 16 heavy (non-hydrogen) atoms. The topological polar surface area (TPSA) is 130 Å². The van der Waals surface area contributed by atoms with Gasteiger partial charge in [-0.05, 0) is 11.6 Å². The van der Waals surface area contributed by atoms with Crippen LogP contribution < -0.4 is 5.73 Å². The number of nitrogens with two attached hydrogens (primary N) is 1. The van der Waals surface area contributed by atoms with Crippen molar-refractivity contribution in [1.82, 2.24) is 0 Å². The Kier molecular flexibility index (Phi) is 3.06. The number of rotatable bonds is 3. The number of nitrogens with zero attached hydrogens (tertiary/aromatic N) is 2. The maximum Gasteiger partial charge on any atom is 0.307 e. The van der Waals surface area contributed by atoms with E-state index in [-0.39, 0.29) is 16.8 Å². The average molecular weight is 221 g/mol. The van der Waals surface area contributed by atoms with E-state index in [2.05, 4.69) is 0 Å². The van der Waals surface area contributed by atoms with Crippen molar-refractivity contribution in [2.24, 2.45) is 0 Å². The van der Waals surface area contributed by atoms with Gasteiger partial charge in [0, 0.05) is 6.07 Å². The number of nitro groups is 1. The van der Waals surface area contributed by atoms with Gasteiger partial charge in [0.1, 0.15) is 5.69 Å². The van der Waals surface area contributed by atoms with Crippen LogP contribution in [0.2, 0.25) is 0 Å². The Morgan fingerprint density at radius 3 is 2.69 bits per heavy atom. The van der Waals surface area contributed by atoms with Gasteiger partial charge in [-0.2, -0.15) is 5.26 Å². The summed E-state index contributed by atoms with van der Waals surface area (Å²) in [6.45, 7) is 0. The van der Waals surface area contributed by atoms with E-state index in [1.807, 2.05) is 0 Å². The largest absolute Gasteiger partial charge is 0.481 e. The molecule has 0 radical (unpaired) electrons. The summed E-state index contributed by atoms with van der Waals surface area (Å²) in [7, 11) is 0. The maximum atomic E-state index is 10.6. The second-order valence-electron chi connectivity index (χ2n) is 3.01. The molecule has 0 atom stereocenters. The molecule has 0 spiro atoms. The second kappa shape index (κ2) is 4.27. The summed E-state index contributed by atoms with van der Waals surface area (Å²) in [4.78, 5) is 20.3. The zero-order valence-corrected chi connectivity index (χ0v) is 8.01. The molecule has 0 aliphatic rings. The standard InChI is InChI=1S/C9H7N3O4/c10-4-6-1-7(11)8(12(15)16)2-5(6)3-9(13)14/h1-2H,3,11H2,(H,13,14). The van der Waals surface area contributed by atoms with Gasteiger partial charge in [0.15, 0.2) is 0 Å². The van der Waals surface area contributed by atoms with Crippen LogP contribution in [-0.4, -0.2) is 16.0 Å². The number of aliphatic carboxylic acids is 1. The average Bonchev–Trinajstić information content (AvgIpc) is 2.18. The Morgan fingerprint density at radius 2 is 2.25 bits per heavy atom. The summed E-state index contributed by atoms with van der Waals surface area (Å²) in [6, 6.07) is 3.87. The Morgan fingerprint density at radius 1 is 1.62 bits per heavy atom. The molecule has 1 aromatic rings. The highest BCUT2D eigenvalue weighted by molar-refractivity contribution is 5.74. The van der Waals surface area contributed by atoms with Crippen molar-refractivity contribution in [3.8, 4) is 6.07 Å². The lowest BCUT2D eigenvalue weighted by Gasteiger charge is -2.03. The fourth-order valence-electron chi connectivity index (χ4n) is 1.22. The lowest BCUT2D eigenvalue weighted by molar-refractivity contribution is -0.383. The molecule has 0 saturated carbocycles. The molecule has 0 unspecified atom stereocenters. The molecule has 3 N–H and O–H groups in total. The fourth-order valence-corrected chi connectivity index (χ4v) is 1.22. The van der Waals surface area contributed by atoms with Gasteiger partial charge >= 0.3 is 5.97 Å². The van der Waals surface area contributed by atoms with Crippen molar-refractivity contribution >= 4 is 17.3 Å². The summed E-state index contributed by atoms with van der Waals surface area (Å²) < 4.78 is 0. The molecular formula is C9H7N3O4. The highest BCUT2D eigenvalue weighted by Crippen LogP contribution is 2.25. The van der Waals surface area contributed by atoms with Crippen molar-refractivity contribution in [2.45, 2.75) is 6.42 Å². The number of nitrogen functional groups attached to an aromatic ring is 1. The molecule has 0 aromatic heterocycles. The monoisotopic (exact) mass is 221 g/mol. The predicted octanol–water partition coefficient (Wildman–Crippen LogP) is 0.676. The molecule has 7 heteroatoms. The molecule has 0 amide bonds. The van der Waals surface area contributed by atoms with Crippen LogP contribution in [0, 0.1) is 21.4 Å². The van der Waals surface area contributed by atoms with Crippen molar-refractivity contribution < 1.29 is 14.8 Å². The summed E-state index contributed by atoms with van der Waals surface area (Å²) in [5, 5.41) is 27.8. The Hall–Kier alpha value is -2.62. The van der Waals surface area contributed by atoms with Crippen molar-refractivity contribution in [2.75, 3.05) is 5.73 Å². The molecule has 0 saturated heterocycles. The zero-order valence-electron chi connectivity index (χ0n) is 8.01. The Bertz CT molecular complexity index is 504. The highest BCUT2D eigenvalue weighted by atomic mass is 16.6. The van der Waals surface area contributed by atoms with Crippen LogP contribution in [0.3, 0.4) is 0 Å². The fraction of sp³-hybridized carbons (Fsp3) is 0.111. The Balaban J connectivity index is 3.35. The maximum absolute atomic E-state index is 10.6. The minimum atomic E-state index is -1.17. The van der Waals surface area contributed by atoms with Crippen LogP contribution in [0.1, 0.15) is 11.1 Å². The van der Waals surface area contributed by atoms with E-state index >= 15 is 0 Å². The molecule has 0 aliphatic carbocycles. The molecule has 82 valence electrons. The second-order valence-corrected chi connectivity index (χ2v) is 3.01. The first-order valence-electron chi connectivity index (χ1n) is 4.14. The molecule has 0 fully saturated rings. The number of carboxylic acids is 1. The van der Waals surface area contributed by atoms with Gasteiger partial charge in [-0.15, -0.1) is 0 Å². The van der Waals surface area contributed by atoms with Crippen LogP contribution in [-0.2, 0) is 11.2 Å². The van der Waals surface area contributed by atoms with Gasteiger partial charge < -0.3 is 10.8 Å². The van der Waals surface area contributed by atoms with Crippen LogP contribution in [0.5, 0.6) is 0 Å². The van der Waals surface area contributed by atoms with E-state index in [4.69, 9.17) is 16.1 Å². The van der Waals surface area contributed by atoms with Gasteiger partial charge in [0.25, 0.3) is 5.69 Å². The lowest BCUT2D eigenvalue weighted by Crippen LogP contribution is -2.05. The number of hydrogen-bond donors (Lipinski definition) is 2. The van der Waals surface area contributed by atoms with Gasteiger partial charge in [-0.3, -0.25) is 14.9 Å². The lowest BCUT2D eigenvalue weighted by atomic mass is 10.0. The van der Waals surface area contributed by atoms with E-state index < -0.39 is 23.0 Å². The van der Waals surface area contributed by atoms with Crippen LogP contribution in [0.4, 0.5) is 11.4 Å². The quantitative estimate of drug-likeness (QED) is 0.438. The van der Waals surface area contributed by atoms with Gasteiger partial charge in [-0.1, -0.05) is 0 Å². The summed E-state index contributed by atoms with van der Waals surface area (Å²) in [6.07, 6.45) is -0.454. The van der Waals surface area contributed by atoms with Gasteiger partial charge in [0.05, 0.1) is 23.0 Å². The van der Waals surface area contributed by atoms with Crippen LogP contribution in [0.25, 0.3) is 0 Å². The minimum absolute atomic E-state index is 0.0329. The van der Waals surface area contributed by atoms with Crippen LogP contribution >= 0.6 is 0 Å². The molecular weight excluding hydrogens is 214 g/mol. The molecule has 0 bridgehead atoms. The first-order valence-corrected chi connectivity index (χ1v) is 4.14. The van der Waals surface area contributed by atoms with E-state index in [0.29, 0.717) is 0 Å². The van der Waals surface area contributed by atoms with Gasteiger partial charge in [0.2, 0.25) is 0 Å². The first-order chi connectivity index (χ1) is 7.45. The SMILES string of the molecule is N#Cc1cc(N)c([N+](=O)[O-])cc1CC(=O)O.